The van der Waals surface area contributed by atoms with Crippen LogP contribution in [0.1, 0.15) is 15.9 Å². The van der Waals surface area contributed by atoms with Gasteiger partial charge >= 0.3 is 0 Å². The summed E-state index contributed by atoms with van der Waals surface area (Å²) < 4.78 is 0. The Bertz CT molecular complexity index is 680. The van der Waals surface area contributed by atoms with Crippen LogP contribution >= 0.6 is 0 Å². The molecule has 120 valence electrons. The summed E-state index contributed by atoms with van der Waals surface area (Å²) in [4.78, 5) is 16.5. The van der Waals surface area contributed by atoms with Crippen molar-refractivity contribution < 1.29 is 9.90 Å². The first kappa shape index (κ1) is 15.4. The zero-order valence-electron chi connectivity index (χ0n) is 13.0. The topological polar surface area (TPSA) is 69.8 Å². The van der Waals surface area contributed by atoms with E-state index in [9.17, 15) is 9.90 Å². The molecule has 1 aliphatic heterocycles. The summed E-state index contributed by atoms with van der Waals surface area (Å²) in [5, 5.41) is 9.19. The molecule has 1 heterocycles. The highest BCUT2D eigenvalue weighted by Gasteiger charge is 2.22. The Kier molecular flexibility index (Phi) is 4.48. The van der Waals surface area contributed by atoms with Crippen molar-refractivity contribution >= 4 is 17.3 Å². The van der Waals surface area contributed by atoms with Gasteiger partial charge in [-0.1, -0.05) is 24.3 Å². The molecule has 0 saturated carbocycles. The zero-order chi connectivity index (χ0) is 16.2. The summed E-state index contributed by atoms with van der Waals surface area (Å²) in [5.41, 5.74) is 9.05. The highest BCUT2D eigenvalue weighted by Crippen LogP contribution is 2.23. The van der Waals surface area contributed by atoms with Crippen LogP contribution in [0, 0.1) is 0 Å². The maximum atomic E-state index is 12.4. The van der Waals surface area contributed by atoms with Crippen LogP contribution in [-0.2, 0) is 6.61 Å². The van der Waals surface area contributed by atoms with Crippen molar-refractivity contribution in [2.45, 2.75) is 6.61 Å². The number of piperazine rings is 1. The van der Waals surface area contributed by atoms with Crippen LogP contribution in [0.3, 0.4) is 0 Å². The number of hydrogen-bond acceptors (Lipinski definition) is 4. The fraction of sp³-hybridized carbons (Fsp3) is 0.278. The van der Waals surface area contributed by atoms with Crippen LogP contribution in [0.4, 0.5) is 11.4 Å². The van der Waals surface area contributed by atoms with Gasteiger partial charge in [0.1, 0.15) is 0 Å². The predicted molar refractivity (Wildman–Crippen MR) is 91.3 cm³/mol. The molecular weight excluding hydrogens is 290 g/mol. The van der Waals surface area contributed by atoms with Crippen molar-refractivity contribution in [2.75, 3.05) is 36.8 Å². The van der Waals surface area contributed by atoms with Crippen LogP contribution in [-0.4, -0.2) is 42.1 Å². The molecule has 2 aromatic rings. The molecule has 0 radical (unpaired) electrons. The maximum Gasteiger partial charge on any atom is 0.253 e. The average molecular weight is 311 g/mol. The summed E-state index contributed by atoms with van der Waals surface area (Å²) in [6, 6.07) is 15.1. The van der Waals surface area contributed by atoms with E-state index >= 15 is 0 Å². The molecule has 3 N–H and O–H groups in total. The molecule has 3 rings (SSSR count). The molecule has 1 fully saturated rings. The molecule has 1 aliphatic rings. The fourth-order valence-electron chi connectivity index (χ4n) is 2.85. The maximum absolute atomic E-state index is 12.4. The Morgan fingerprint density at radius 1 is 1.04 bits per heavy atom. The third-order valence-electron chi connectivity index (χ3n) is 4.25. The van der Waals surface area contributed by atoms with Gasteiger partial charge in [0.2, 0.25) is 0 Å². The first-order chi connectivity index (χ1) is 11.2. The largest absolute Gasteiger partial charge is 0.398 e. The lowest BCUT2D eigenvalue weighted by Gasteiger charge is -2.36. The lowest BCUT2D eigenvalue weighted by atomic mass is 10.1. The Balaban J connectivity index is 1.64. The molecule has 0 spiro atoms. The molecule has 1 saturated heterocycles. The summed E-state index contributed by atoms with van der Waals surface area (Å²) in [5.74, 6) is 0.0837. The molecule has 2 aromatic carbocycles. The van der Waals surface area contributed by atoms with Crippen molar-refractivity contribution in [3.05, 3.63) is 59.7 Å². The van der Waals surface area contributed by atoms with E-state index in [-0.39, 0.29) is 12.5 Å². The van der Waals surface area contributed by atoms with Gasteiger partial charge in [-0.3, -0.25) is 4.79 Å². The second kappa shape index (κ2) is 6.71. The lowest BCUT2D eigenvalue weighted by Crippen LogP contribution is -2.48. The molecule has 0 atom stereocenters. The number of benzene rings is 2. The number of rotatable bonds is 3. The first-order valence-electron chi connectivity index (χ1n) is 7.77. The van der Waals surface area contributed by atoms with Gasteiger partial charge in [0.15, 0.2) is 0 Å². The summed E-state index contributed by atoms with van der Waals surface area (Å²) >= 11 is 0. The van der Waals surface area contributed by atoms with Gasteiger partial charge in [-0.2, -0.15) is 0 Å². The number of nitrogens with two attached hydrogens (primary N) is 1. The van der Waals surface area contributed by atoms with E-state index in [2.05, 4.69) is 4.90 Å². The highest BCUT2D eigenvalue weighted by molar-refractivity contribution is 5.94. The fourth-order valence-corrected chi connectivity index (χ4v) is 2.85. The van der Waals surface area contributed by atoms with Crippen LogP contribution < -0.4 is 10.6 Å². The Labute approximate surface area is 135 Å². The molecule has 1 amide bonds. The van der Waals surface area contributed by atoms with Crippen molar-refractivity contribution in [3.8, 4) is 0 Å². The summed E-state index contributed by atoms with van der Waals surface area (Å²) in [6.07, 6.45) is 0. The number of nitrogens with zero attached hydrogens (tertiary/aromatic N) is 2. The van der Waals surface area contributed by atoms with Gasteiger partial charge in [-0.15, -0.1) is 0 Å². The number of nitrogen functional groups attached to an aromatic ring is 1. The molecule has 0 aromatic heterocycles. The minimum Gasteiger partial charge on any atom is -0.398 e. The Morgan fingerprint density at radius 3 is 2.35 bits per heavy atom. The van der Waals surface area contributed by atoms with Crippen LogP contribution in [0.5, 0.6) is 0 Å². The third kappa shape index (κ3) is 3.29. The molecule has 23 heavy (non-hydrogen) atoms. The quantitative estimate of drug-likeness (QED) is 0.847. The van der Waals surface area contributed by atoms with E-state index in [4.69, 9.17) is 5.73 Å². The van der Waals surface area contributed by atoms with Gasteiger partial charge in [0.05, 0.1) is 6.61 Å². The second-order valence-corrected chi connectivity index (χ2v) is 5.69. The van der Waals surface area contributed by atoms with Gasteiger partial charge < -0.3 is 20.6 Å². The van der Waals surface area contributed by atoms with Gasteiger partial charge in [0, 0.05) is 48.7 Å². The number of hydrogen-bond donors (Lipinski definition) is 2. The third-order valence-corrected chi connectivity index (χ3v) is 4.25. The molecular formula is C18H21N3O2. The van der Waals surface area contributed by atoms with Gasteiger partial charge in [0.25, 0.3) is 5.91 Å². The SMILES string of the molecule is Nc1cc(N2CCN(C(=O)c3ccccc3)CC2)ccc1CO. The van der Waals surface area contributed by atoms with E-state index in [1.807, 2.05) is 53.4 Å². The van der Waals surface area contributed by atoms with Gasteiger partial charge in [-0.05, 0) is 24.3 Å². The van der Waals surface area contributed by atoms with Crippen molar-refractivity contribution in [2.24, 2.45) is 0 Å². The first-order valence-corrected chi connectivity index (χ1v) is 7.77. The smallest absolute Gasteiger partial charge is 0.253 e. The van der Waals surface area contributed by atoms with E-state index in [0.29, 0.717) is 18.8 Å². The minimum atomic E-state index is -0.0501. The van der Waals surface area contributed by atoms with Crippen molar-refractivity contribution in [3.63, 3.8) is 0 Å². The molecule has 0 bridgehead atoms. The number of aliphatic hydroxyl groups is 1. The Hall–Kier alpha value is -2.53. The number of amides is 1. The number of carbonyl (C=O) groups is 1. The molecule has 5 heteroatoms. The number of carbonyl (C=O) groups excluding carboxylic acids is 1. The minimum absolute atomic E-state index is 0.0501. The highest BCUT2D eigenvalue weighted by atomic mass is 16.3. The zero-order valence-corrected chi connectivity index (χ0v) is 13.0. The van der Waals surface area contributed by atoms with Crippen molar-refractivity contribution in [1.29, 1.82) is 0 Å². The van der Waals surface area contributed by atoms with Crippen LogP contribution in [0.2, 0.25) is 0 Å². The van der Waals surface area contributed by atoms with E-state index in [0.717, 1.165) is 29.9 Å². The lowest BCUT2D eigenvalue weighted by molar-refractivity contribution is 0.0747. The van der Waals surface area contributed by atoms with E-state index in [1.165, 1.54) is 0 Å². The molecule has 0 aliphatic carbocycles. The molecule has 5 nitrogen and oxygen atoms in total. The van der Waals surface area contributed by atoms with Crippen molar-refractivity contribution in [1.82, 2.24) is 4.90 Å². The predicted octanol–water partition coefficient (Wildman–Crippen LogP) is 1.72. The average Bonchev–Trinajstić information content (AvgIpc) is 2.62. The molecule has 0 unspecified atom stereocenters. The normalized spacial score (nSPS) is 14.8. The second-order valence-electron chi connectivity index (χ2n) is 5.69. The van der Waals surface area contributed by atoms with Crippen LogP contribution in [0.15, 0.2) is 48.5 Å². The summed E-state index contributed by atoms with van der Waals surface area (Å²) in [6.45, 7) is 2.88. The van der Waals surface area contributed by atoms with E-state index in [1.54, 1.807) is 0 Å². The van der Waals surface area contributed by atoms with E-state index < -0.39 is 0 Å². The standard InChI is InChI=1S/C18H21N3O2/c19-17-12-16(7-6-15(17)13-22)20-8-10-21(11-9-20)18(23)14-4-2-1-3-5-14/h1-7,12,22H,8-11,13,19H2. The van der Waals surface area contributed by atoms with Gasteiger partial charge in [-0.25, -0.2) is 0 Å². The number of anilines is 2. The number of aliphatic hydroxyl groups excluding tert-OH is 1. The summed E-state index contributed by atoms with van der Waals surface area (Å²) in [7, 11) is 0. The Morgan fingerprint density at radius 2 is 1.74 bits per heavy atom. The van der Waals surface area contributed by atoms with Crippen LogP contribution in [0.25, 0.3) is 0 Å². The monoisotopic (exact) mass is 311 g/mol.